The third-order valence-electron chi connectivity index (χ3n) is 5.80. The van der Waals surface area contributed by atoms with E-state index in [4.69, 9.17) is 4.52 Å². The summed E-state index contributed by atoms with van der Waals surface area (Å²) in [6.07, 6.45) is 0.980. The number of hydrogen-bond donors (Lipinski definition) is 2. The highest BCUT2D eigenvalue weighted by molar-refractivity contribution is 6.01. The predicted molar refractivity (Wildman–Crippen MR) is 105 cm³/mol. The molecule has 6 heteroatoms. The number of phenolic OH excluding ortho intramolecular Hbond substituents is 1. The van der Waals surface area contributed by atoms with E-state index in [0.29, 0.717) is 35.6 Å². The number of Topliss-reactive ketones (excluding diaryl/α,β-unsaturated/α-hetero) is 1. The summed E-state index contributed by atoms with van der Waals surface area (Å²) in [5.74, 6) is -0.0276. The summed E-state index contributed by atoms with van der Waals surface area (Å²) in [5, 5.41) is 16.9. The molecule has 0 spiro atoms. The second-order valence-corrected chi connectivity index (χ2v) is 7.64. The molecule has 0 bridgehead atoms. The Kier molecular flexibility index (Phi) is 4.01. The first-order chi connectivity index (χ1) is 14.0. The number of halogens is 1. The van der Waals surface area contributed by atoms with Crippen molar-refractivity contribution in [3.63, 3.8) is 0 Å². The smallest absolute Gasteiger partial charge is 0.233 e. The second-order valence-electron chi connectivity index (χ2n) is 7.64. The van der Waals surface area contributed by atoms with Crippen LogP contribution in [0.5, 0.6) is 5.75 Å². The summed E-state index contributed by atoms with van der Waals surface area (Å²) >= 11 is 0. The number of aromatic nitrogens is 1. The number of carbonyl (C=O) groups excluding carboxylic acids is 1. The third kappa shape index (κ3) is 2.92. The minimum absolute atomic E-state index is 0.00641. The maximum absolute atomic E-state index is 14.0. The largest absolute Gasteiger partial charge is 0.508 e. The normalized spacial score (nSPS) is 20.8. The van der Waals surface area contributed by atoms with Crippen molar-refractivity contribution in [3.8, 4) is 5.75 Å². The number of aryl methyl sites for hydroxylation is 1. The van der Waals surface area contributed by atoms with Gasteiger partial charge in [0.2, 0.25) is 5.88 Å². The fourth-order valence-electron chi connectivity index (χ4n) is 4.47. The number of benzene rings is 2. The summed E-state index contributed by atoms with van der Waals surface area (Å²) in [5.41, 5.74) is 4.61. The fraction of sp³-hybridized carbons (Fsp3) is 0.217. The lowest BCUT2D eigenvalue weighted by Crippen LogP contribution is -2.29. The average molecular weight is 390 g/mol. The molecular formula is C23H19FN2O3. The monoisotopic (exact) mass is 390 g/mol. The van der Waals surface area contributed by atoms with Gasteiger partial charge in [-0.1, -0.05) is 29.4 Å². The van der Waals surface area contributed by atoms with Gasteiger partial charge in [0.1, 0.15) is 11.6 Å². The maximum Gasteiger partial charge on any atom is 0.233 e. The Hall–Kier alpha value is -3.41. The van der Waals surface area contributed by atoms with Gasteiger partial charge < -0.3 is 14.9 Å². The Bertz CT molecular complexity index is 1150. The molecule has 5 nitrogen and oxygen atoms in total. The van der Waals surface area contributed by atoms with Crippen molar-refractivity contribution in [2.45, 2.75) is 31.6 Å². The lowest BCUT2D eigenvalue weighted by molar-refractivity contribution is -0.116. The molecule has 1 aromatic heterocycles. The van der Waals surface area contributed by atoms with E-state index in [9.17, 15) is 14.3 Å². The zero-order valence-electron chi connectivity index (χ0n) is 15.8. The van der Waals surface area contributed by atoms with Crippen LogP contribution in [-0.2, 0) is 4.79 Å². The van der Waals surface area contributed by atoms with Crippen LogP contribution < -0.4 is 5.32 Å². The number of fused-ring (bicyclic) bond motifs is 1. The van der Waals surface area contributed by atoms with Gasteiger partial charge in [0, 0.05) is 23.6 Å². The van der Waals surface area contributed by atoms with E-state index in [0.717, 1.165) is 16.8 Å². The Balaban J connectivity index is 1.62. The van der Waals surface area contributed by atoms with E-state index in [2.05, 4.69) is 10.5 Å². The van der Waals surface area contributed by atoms with Crippen molar-refractivity contribution >= 4 is 11.7 Å². The standard InChI is InChI=1S/C23H19FN2O3/c1-12-20-21(14-3-2-4-16(24)9-14)22-18(25-23(20)29-26-12)10-15(11-19(22)28)13-5-7-17(27)8-6-13/h2-9,15,21,25,27H,10-11H2,1H3/t15-,21+/m0/s1. The molecule has 5 rings (SSSR count). The molecule has 0 fully saturated rings. The molecule has 1 aliphatic heterocycles. The number of nitrogens with zero attached hydrogens (tertiary/aromatic N) is 1. The number of hydrogen-bond acceptors (Lipinski definition) is 5. The fourth-order valence-corrected chi connectivity index (χ4v) is 4.47. The van der Waals surface area contributed by atoms with Gasteiger partial charge in [-0.15, -0.1) is 0 Å². The first kappa shape index (κ1) is 17.7. The third-order valence-corrected chi connectivity index (χ3v) is 5.80. The van der Waals surface area contributed by atoms with E-state index in [-0.39, 0.29) is 23.3 Å². The Morgan fingerprint density at radius 2 is 1.93 bits per heavy atom. The zero-order chi connectivity index (χ0) is 20.1. The zero-order valence-corrected chi connectivity index (χ0v) is 15.8. The summed E-state index contributed by atoms with van der Waals surface area (Å²) in [6.45, 7) is 1.83. The number of phenols is 1. The average Bonchev–Trinajstić information content (AvgIpc) is 3.07. The molecule has 2 N–H and O–H groups in total. The number of rotatable bonds is 2. The summed E-state index contributed by atoms with van der Waals surface area (Å²) < 4.78 is 19.5. The van der Waals surface area contributed by atoms with Crippen molar-refractivity contribution in [1.29, 1.82) is 0 Å². The highest BCUT2D eigenvalue weighted by Crippen LogP contribution is 2.49. The molecule has 146 valence electrons. The highest BCUT2D eigenvalue weighted by atomic mass is 19.1. The predicted octanol–water partition coefficient (Wildman–Crippen LogP) is 4.79. The van der Waals surface area contributed by atoms with E-state index in [1.807, 2.05) is 25.1 Å². The van der Waals surface area contributed by atoms with E-state index >= 15 is 0 Å². The molecule has 2 aromatic carbocycles. The molecular weight excluding hydrogens is 371 g/mol. The van der Waals surface area contributed by atoms with Gasteiger partial charge >= 0.3 is 0 Å². The van der Waals surface area contributed by atoms with Crippen LogP contribution in [0.25, 0.3) is 0 Å². The molecule has 0 amide bonds. The molecule has 0 radical (unpaired) electrons. The van der Waals surface area contributed by atoms with Gasteiger partial charge in [0.25, 0.3) is 0 Å². The van der Waals surface area contributed by atoms with Crippen molar-refractivity contribution in [2.75, 3.05) is 5.32 Å². The minimum atomic E-state index is -0.406. The lowest BCUT2D eigenvalue weighted by Gasteiger charge is -2.34. The SMILES string of the molecule is Cc1noc2c1[C@@H](c1cccc(F)c1)C1=C(C[C@H](c3ccc(O)cc3)CC1=O)N2. The molecule has 2 heterocycles. The quantitative estimate of drug-likeness (QED) is 0.658. The van der Waals surface area contributed by atoms with Crippen LogP contribution in [0.15, 0.2) is 64.3 Å². The van der Waals surface area contributed by atoms with Crippen molar-refractivity contribution in [2.24, 2.45) is 0 Å². The molecule has 1 aliphatic carbocycles. The Morgan fingerprint density at radius 1 is 1.14 bits per heavy atom. The van der Waals surface area contributed by atoms with Crippen LogP contribution in [0.2, 0.25) is 0 Å². The van der Waals surface area contributed by atoms with Crippen molar-refractivity contribution in [1.82, 2.24) is 5.16 Å². The van der Waals surface area contributed by atoms with Crippen LogP contribution in [0.3, 0.4) is 0 Å². The molecule has 0 saturated heterocycles. The van der Waals surface area contributed by atoms with Crippen LogP contribution in [0.1, 0.15) is 47.1 Å². The molecule has 0 saturated carbocycles. The summed E-state index contributed by atoms with van der Waals surface area (Å²) in [7, 11) is 0. The molecule has 29 heavy (non-hydrogen) atoms. The first-order valence-electron chi connectivity index (χ1n) is 9.55. The number of carbonyl (C=O) groups is 1. The van der Waals surface area contributed by atoms with Crippen LogP contribution in [0, 0.1) is 12.7 Å². The summed E-state index contributed by atoms with van der Waals surface area (Å²) in [6, 6.07) is 13.3. The first-order valence-corrected chi connectivity index (χ1v) is 9.55. The minimum Gasteiger partial charge on any atom is -0.508 e. The van der Waals surface area contributed by atoms with E-state index in [1.54, 1.807) is 18.2 Å². The van der Waals surface area contributed by atoms with E-state index < -0.39 is 5.92 Å². The molecule has 0 unspecified atom stereocenters. The van der Waals surface area contributed by atoms with Gasteiger partial charge in [0.15, 0.2) is 5.78 Å². The number of nitrogens with one attached hydrogen (secondary N) is 1. The summed E-state index contributed by atoms with van der Waals surface area (Å²) in [4.78, 5) is 13.3. The molecule has 2 atom stereocenters. The number of allylic oxidation sites excluding steroid dienone is 2. The number of ketones is 1. The highest BCUT2D eigenvalue weighted by Gasteiger charge is 2.41. The maximum atomic E-state index is 14.0. The van der Waals surface area contributed by atoms with Gasteiger partial charge in [-0.25, -0.2) is 4.39 Å². The van der Waals surface area contributed by atoms with Crippen molar-refractivity contribution in [3.05, 3.63) is 88.0 Å². The topological polar surface area (TPSA) is 75.4 Å². The number of anilines is 1. The van der Waals surface area contributed by atoms with Crippen LogP contribution >= 0.6 is 0 Å². The van der Waals surface area contributed by atoms with Crippen LogP contribution in [-0.4, -0.2) is 16.0 Å². The Morgan fingerprint density at radius 3 is 2.69 bits per heavy atom. The second kappa shape index (κ2) is 6.58. The van der Waals surface area contributed by atoms with Gasteiger partial charge in [-0.05, 0) is 54.7 Å². The molecule has 3 aromatic rings. The van der Waals surface area contributed by atoms with Gasteiger partial charge in [-0.2, -0.15) is 0 Å². The number of aromatic hydroxyl groups is 1. The lowest BCUT2D eigenvalue weighted by atomic mass is 9.72. The van der Waals surface area contributed by atoms with E-state index in [1.165, 1.54) is 12.1 Å². The van der Waals surface area contributed by atoms with Gasteiger partial charge in [-0.3, -0.25) is 4.79 Å². The van der Waals surface area contributed by atoms with Crippen molar-refractivity contribution < 1.29 is 18.8 Å². The molecule has 2 aliphatic rings. The Labute approximate surface area is 166 Å². The van der Waals surface area contributed by atoms with Gasteiger partial charge in [0.05, 0.1) is 11.3 Å². The van der Waals surface area contributed by atoms with Crippen LogP contribution in [0.4, 0.5) is 10.3 Å².